The second-order valence-corrected chi connectivity index (χ2v) is 7.56. The Labute approximate surface area is 171 Å². The highest BCUT2D eigenvalue weighted by atomic mass is 19.1. The Balaban J connectivity index is 1.50. The van der Waals surface area contributed by atoms with Crippen LogP contribution in [-0.4, -0.2) is 36.1 Å². The van der Waals surface area contributed by atoms with Gasteiger partial charge in [-0.2, -0.15) is 4.98 Å². The topological polar surface area (TPSA) is 44.3 Å². The number of piperazine rings is 1. The van der Waals surface area contributed by atoms with E-state index in [0.717, 1.165) is 48.9 Å². The number of aromatic nitrogens is 2. The lowest BCUT2D eigenvalue weighted by Gasteiger charge is -2.37. The first-order valence-corrected chi connectivity index (χ1v) is 9.94. The molecule has 0 amide bonds. The van der Waals surface area contributed by atoms with E-state index in [-0.39, 0.29) is 5.82 Å². The molecule has 2 heterocycles. The number of halogens is 1. The third-order valence-corrected chi connectivity index (χ3v) is 5.28. The van der Waals surface area contributed by atoms with E-state index in [1.165, 1.54) is 11.6 Å². The van der Waals surface area contributed by atoms with E-state index in [2.05, 4.69) is 52.1 Å². The van der Waals surface area contributed by atoms with Crippen molar-refractivity contribution < 1.29 is 4.39 Å². The molecule has 29 heavy (non-hydrogen) atoms. The van der Waals surface area contributed by atoms with Crippen molar-refractivity contribution in [1.29, 1.82) is 0 Å². The lowest BCUT2D eigenvalue weighted by atomic mass is 10.1. The minimum absolute atomic E-state index is 0.168. The molecule has 4 rings (SSSR count). The van der Waals surface area contributed by atoms with Gasteiger partial charge in [-0.15, -0.1) is 0 Å². The van der Waals surface area contributed by atoms with Crippen molar-refractivity contribution in [2.45, 2.75) is 20.8 Å². The highest BCUT2D eigenvalue weighted by Gasteiger charge is 2.21. The van der Waals surface area contributed by atoms with Crippen LogP contribution < -0.4 is 15.1 Å². The lowest BCUT2D eigenvalue weighted by Crippen LogP contribution is -2.47. The molecule has 3 aromatic rings. The van der Waals surface area contributed by atoms with Crippen LogP contribution in [0, 0.1) is 26.6 Å². The quantitative estimate of drug-likeness (QED) is 0.704. The van der Waals surface area contributed by atoms with Crippen LogP contribution in [0.2, 0.25) is 0 Å². The minimum Gasteiger partial charge on any atom is -0.366 e. The zero-order valence-corrected chi connectivity index (χ0v) is 17.1. The maximum Gasteiger partial charge on any atom is 0.229 e. The molecule has 0 radical (unpaired) electrons. The van der Waals surface area contributed by atoms with E-state index >= 15 is 0 Å². The molecule has 1 aromatic heterocycles. The van der Waals surface area contributed by atoms with Gasteiger partial charge in [-0.05, 0) is 50.1 Å². The van der Waals surface area contributed by atoms with Crippen LogP contribution in [0.15, 0.2) is 48.5 Å². The maximum atomic E-state index is 14.1. The summed E-state index contributed by atoms with van der Waals surface area (Å²) in [6.07, 6.45) is 0. The van der Waals surface area contributed by atoms with Gasteiger partial charge in [0.2, 0.25) is 5.95 Å². The van der Waals surface area contributed by atoms with Gasteiger partial charge in [-0.25, -0.2) is 9.37 Å². The molecule has 6 heteroatoms. The molecule has 150 valence electrons. The van der Waals surface area contributed by atoms with Crippen molar-refractivity contribution in [3.05, 3.63) is 71.2 Å². The van der Waals surface area contributed by atoms with Crippen molar-refractivity contribution in [3.63, 3.8) is 0 Å². The zero-order valence-electron chi connectivity index (χ0n) is 17.1. The molecule has 0 saturated carbocycles. The number of nitrogens with one attached hydrogen (secondary N) is 1. The third kappa shape index (κ3) is 4.31. The van der Waals surface area contributed by atoms with Crippen LogP contribution in [0.4, 0.5) is 27.5 Å². The molecule has 1 aliphatic rings. The first kappa shape index (κ1) is 19.2. The van der Waals surface area contributed by atoms with Crippen LogP contribution in [0.1, 0.15) is 16.8 Å². The Hall–Kier alpha value is -3.15. The number of para-hydroxylation sites is 1. The number of aryl methyl sites for hydroxylation is 3. The lowest BCUT2D eigenvalue weighted by molar-refractivity contribution is 0.596. The van der Waals surface area contributed by atoms with Crippen molar-refractivity contribution in [2.24, 2.45) is 0 Å². The van der Waals surface area contributed by atoms with Crippen molar-refractivity contribution in [1.82, 2.24) is 9.97 Å². The first-order chi connectivity index (χ1) is 14.0. The van der Waals surface area contributed by atoms with Crippen molar-refractivity contribution in [3.8, 4) is 0 Å². The predicted octanol–water partition coefficient (Wildman–Crippen LogP) is 4.61. The summed E-state index contributed by atoms with van der Waals surface area (Å²) in [5.74, 6) is 1.34. The van der Waals surface area contributed by atoms with Crippen LogP contribution in [-0.2, 0) is 0 Å². The monoisotopic (exact) mass is 391 g/mol. The average molecular weight is 391 g/mol. The van der Waals surface area contributed by atoms with Gasteiger partial charge in [-0.1, -0.05) is 24.3 Å². The van der Waals surface area contributed by atoms with Gasteiger partial charge >= 0.3 is 0 Å². The van der Waals surface area contributed by atoms with Gasteiger partial charge in [0, 0.05) is 43.6 Å². The predicted molar refractivity (Wildman–Crippen MR) is 117 cm³/mol. The van der Waals surface area contributed by atoms with Gasteiger partial charge in [0.1, 0.15) is 11.6 Å². The molecule has 1 N–H and O–H groups in total. The Morgan fingerprint density at radius 1 is 0.862 bits per heavy atom. The van der Waals surface area contributed by atoms with E-state index in [1.54, 1.807) is 6.07 Å². The SMILES string of the molecule is Cc1ccc(C)c(Nc2nc(C)cc(N3CCN(c4ccccc4F)CC3)n2)c1. The molecule has 0 bridgehead atoms. The largest absolute Gasteiger partial charge is 0.366 e. The Kier molecular flexibility index (Phi) is 5.34. The number of anilines is 4. The number of nitrogens with zero attached hydrogens (tertiary/aromatic N) is 4. The van der Waals surface area contributed by atoms with Gasteiger partial charge in [0.15, 0.2) is 0 Å². The molecule has 5 nitrogen and oxygen atoms in total. The maximum absolute atomic E-state index is 14.1. The summed E-state index contributed by atoms with van der Waals surface area (Å²) in [5.41, 5.74) is 4.95. The Bertz CT molecular complexity index is 1010. The molecule has 0 aliphatic carbocycles. The van der Waals surface area contributed by atoms with Crippen molar-refractivity contribution >= 4 is 23.1 Å². The normalized spacial score (nSPS) is 14.2. The fraction of sp³-hybridized carbons (Fsp3) is 0.304. The molecule has 0 atom stereocenters. The fourth-order valence-electron chi connectivity index (χ4n) is 3.65. The summed E-state index contributed by atoms with van der Waals surface area (Å²) in [7, 11) is 0. The molecular formula is C23H26FN5. The molecule has 1 aliphatic heterocycles. The second kappa shape index (κ2) is 8.07. The number of hydrogen-bond acceptors (Lipinski definition) is 5. The van der Waals surface area contributed by atoms with Gasteiger partial charge in [0.05, 0.1) is 5.69 Å². The molecular weight excluding hydrogens is 365 g/mol. The van der Waals surface area contributed by atoms with Crippen LogP contribution in [0.25, 0.3) is 0 Å². The van der Waals surface area contributed by atoms with E-state index in [4.69, 9.17) is 4.98 Å². The van der Waals surface area contributed by atoms with Crippen LogP contribution in [0.3, 0.4) is 0 Å². The summed E-state index contributed by atoms with van der Waals surface area (Å²) in [5, 5.41) is 3.37. The fourth-order valence-corrected chi connectivity index (χ4v) is 3.65. The highest BCUT2D eigenvalue weighted by molar-refractivity contribution is 5.61. The summed E-state index contributed by atoms with van der Waals surface area (Å²) < 4.78 is 14.1. The summed E-state index contributed by atoms with van der Waals surface area (Å²) >= 11 is 0. The molecule has 0 spiro atoms. The average Bonchev–Trinajstić information content (AvgIpc) is 2.71. The molecule has 2 aromatic carbocycles. The summed E-state index contributed by atoms with van der Waals surface area (Å²) in [6.45, 7) is 9.20. The van der Waals surface area contributed by atoms with Gasteiger partial charge < -0.3 is 15.1 Å². The number of hydrogen-bond donors (Lipinski definition) is 1. The van der Waals surface area contributed by atoms with Crippen LogP contribution >= 0.6 is 0 Å². The Morgan fingerprint density at radius 2 is 1.59 bits per heavy atom. The second-order valence-electron chi connectivity index (χ2n) is 7.56. The molecule has 1 fully saturated rings. The highest BCUT2D eigenvalue weighted by Crippen LogP contribution is 2.25. The smallest absolute Gasteiger partial charge is 0.229 e. The van der Waals surface area contributed by atoms with E-state index in [1.807, 2.05) is 25.1 Å². The first-order valence-electron chi connectivity index (χ1n) is 9.94. The zero-order chi connectivity index (χ0) is 20.4. The summed E-state index contributed by atoms with van der Waals surface area (Å²) in [6, 6.07) is 15.3. The standard InChI is InChI=1S/C23H26FN5/c1-16-8-9-17(2)20(14-16)26-23-25-18(3)15-22(27-23)29-12-10-28(11-13-29)21-7-5-4-6-19(21)24/h4-9,14-15H,10-13H2,1-3H3,(H,25,26,27). The van der Waals surface area contributed by atoms with Gasteiger partial charge in [-0.3, -0.25) is 0 Å². The van der Waals surface area contributed by atoms with E-state index in [0.29, 0.717) is 11.6 Å². The minimum atomic E-state index is -0.168. The van der Waals surface area contributed by atoms with Crippen LogP contribution in [0.5, 0.6) is 0 Å². The van der Waals surface area contributed by atoms with E-state index in [9.17, 15) is 4.39 Å². The number of rotatable bonds is 4. The molecule has 1 saturated heterocycles. The number of benzene rings is 2. The summed E-state index contributed by atoms with van der Waals surface area (Å²) in [4.78, 5) is 13.6. The van der Waals surface area contributed by atoms with Gasteiger partial charge in [0.25, 0.3) is 0 Å². The molecule has 0 unspecified atom stereocenters. The third-order valence-electron chi connectivity index (χ3n) is 5.28. The Morgan fingerprint density at radius 3 is 2.34 bits per heavy atom. The van der Waals surface area contributed by atoms with E-state index < -0.39 is 0 Å². The van der Waals surface area contributed by atoms with Crippen molar-refractivity contribution in [2.75, 3.05) is 41.3 Å².